The number of nitrogens with zero attached hydrogens (tertiary/aromatic N) is 2. The van der Waals surface area contributed by atoms with Crippen molar-refractivity contribution in [1.29, 1.82) is 0 Å². The molecule has 0 saturated heterocycles. The van der Waals surface area contributed by atoms with E-state index in [-0.39, 0.29) is 18.4 Å². The number of hydrogen-bond acceptors (Lipinski definition) is 3. The van der Waals surface area contributed by atoms with Gasteiger partial charge in [0.05, 0.1) is 0 Å². The normalized spacial score (nSPS) is 10.8. The summed E-state index contributed by atoms with van der Waals surface area (Å²) in [6.45, 7) is 5.95. The number of halogens is 1. The molecule has 0 atom stereocenters. The zero-order valence-corrected chi connectivity index (χ0v) is 13.9. The van der Waals surface area contributed by atoms with Crippen LogP contribution in [0.3, 0.4) is 0 Å². The van der Waals surface area contributed by atoms with Crippen molar-refractivity contribution in [2.75, 3.05) is 11.9 Å². The van der Waals surface area contributed by atoms with Crippen LogP contribution in [-0.2, 0) is 11.8 Å². The van der Waals surface area contributed by atoms with Gasteiger partial charge in [-0.2, -0.15) is 5.10 Å². The Kier molecular flexibility index (Phi) is 5.08. The summed E-state index contributed by atoms with van der Waals surface area (Å²) in [4.78, 5) is 11.9. The molecule has 0 fully saturated rings. The number of ether oxygens (including phenoxy) is 1. The fraction of sp³-hybridized carbons (Fsp3) is 0.375. The summed E-state index contributed by atoms with van der Waals surface area (Å²) in [7, 11) is 1.79. The summed E-state index contributed by atoms with van der Waals surface area (Å²) >= 11 is 6.16. The van der Waals surface area contributed by atoms with Crippen molar-refractivity contribution in [1.82, 2.24) is 9.78 Å². The maximum absolute atomic E-state index is 11.9. The van der Waals surface area contributed by atoms with E-state index in [1.807, 2.05) is 19.1 Å². The van der Waals surface area contributed by atoms with Crippen molar-refractivity contribution < 1.29 is 9.53 Å². The van der Waals surface area contributed by atoms with Gasteiger partial charge in [0.15, 0.2) is 12.4 Å². The summed E-state index contributed by atoms with van der Waals surface area (Å²) in [6.07, 6.45) is 1.76. The molecule has 1 heterocycles. The van der Waals surface area contributed by atoms with E-state index in [9.17, 15) is 4.79 Å². The molecule has 0 spiro atoms. The molecule has 0 bridgehead atoms. The van der Waals surface area contributed by atoms with E-state index in [1.54, 1.807) is 24.0 Å². The van der Waals surface area contributed by atoms with Gasteiger partial charge in [-0.3, -0.25) is 9.48 Å². The van der Waals surface area contributed by atoms with E-state index in [4.69, 9.17) is 16.3 Å². The Balaban J connectivity index is 2.04. The first-order valence-electron chi connectivity index (χ1n) is 7.09. The van der Waals surface area contributed by atoms with Gasteiger partial charge < -0.3 is 10.1 Å². The lowest BCUT2D eigenvalue weighted by Crippen LogP contribution is -2.21. The molecular weight excluding hydrogens is 302 g/mol. The van der Waals surface area contributed by atoms with Crippen molar-refractivity contribution in [3.05, 3.63) is 40.5 Å². The predicted molar refractivity (Wildman–Crippen MR) is 87.6 cm³/mol. The van der Waals surface area contributed by atoms with Crippen molar-refractivity contribution in [2.45, 2.75) is 26.7 Å². The van der Waals surface area contributed by atoms with Gasteiger partial charge in [-0.05, 0) is 36.1 Å². The molecule has 1 aromatic carbocycles. The van der Waals surface area contributed by atoms with Crippen LogP contribution in [0, 0.1) is 6.92 Å². The quantitative estimate of drug-likeness (QED) is 0.916. The standard InChI is InChI=1S/C16H20ClN3O2/c1-10(2)12-8-13(17)11(3)7-14(12)22-9-16(21)18-15-5-6-20(4)19-15/h5-8,10H,9H2,1-4H3,(H,18,19,21). The summed E-state index contributed by atoms with van der Waals surface area (Å²) < 4.78 is 7.29. The lowest BCUT2D eigenvalue weighted by atomic mass is 10.0. The Hall–Kier alpha value is -2.01. The molecule has 0 aliphatic carbocycles. The minimum Gasteiger partial charge on any atom is -0.483 e. The first kappa shape index (κ1) is 16.4. The molecule has 6 heteroatoms. The van der Waals surface area contributed by atoms with E-state index >= 15 is 0 Å². The smallest absolute Gasteiger partial charge is 0.263 e. The third kappa shape index (κ3) is 4.01. The highest BCUT2D eigenvalue weighted by Gasteiger charge is 2.13. The zero-order valence-electron chi connectivity index (χ0n) is 13.2. The van der Waals surface area contributed by atoms with Crippen LogP contribution >= 0.6 is 11.6 Å². The van der Waals surface area contributed by atoms with Gasteiger partial charge in [-0.25, -0.2) is 0 Å². The summed E-state index contributed by atoms with van der Waals surface area (Å²) in [5.41, 5.74) is 1.91. The molecule has 5 nitrogen and oxygen atoms in total. The van der Waals surface area contributed by atoms with Gasteiger partial charge >= 0.3 is 0 Å². The van der Waals surface area contributed by atoms with Crippen LogP contribution in [0.15, 0.2) is 24.4 Å². The van der Waals surface area contributed by atoms with Crippen LogP contribution in [-0.4, -0.2) is 22.3 Å². The molecule has 22 heavy (non-hydrogen) atoms. The first-order chi connectivity index (χ1) is 10.4. The lowest BCUT2D eigenvalue weighted by Gasteiger charge is -2.15. The van der Waals surface area contributed by atoms with Crippen molar-refractivity contribution in [3.8, 4) is 5.75 Å². The van der Waals surface area contributed by atoms with Gasteiger partial charge in [0.25, 0.3) is 5.91 Å². The number of aromatic nitrogens is 2. The van der Waals surface area contributed by atoms with Crippen LogP contribution in [0.5, 0.6) is 5.75 Å². The number of benzene rings is 1. The van der Waals surface area contributed by atoms with Crippen molar-refractivity contribution >= 4 is 23.3 Å². The number of aryl methyl sites for hydroxylation is 2. The molecule has 1 aromatic heterocycles. The SMILES string of the molecule is Cc1cc(OCC(=O)Nc2ccn(C)n2)c(C(C)C)cc1Cl. The van der Waals surface area contributed by atoms with Crippen LogP contribution in [0.2, 0.25) is 5.02 Å². The number of hydrogen-bond donors (Lipinski definition) is 1. The van der Waals surface area contributed by atoms with E-state index in [0.29, 0.717) is 16.6 Å². The van der Waals surface area contributed by atoms with Gasteiger partial charge in [0, 0.05) is 24.3 Å². The molecule has 0 aliphatic heterocycles. The molecular formula is C16H20ClN3O2. The van der Waals surface area contributed by atoms with Gasteiger partial charge in [0.2, 0.25) is 0 Å². The topological polar surface area (TPSA) is 56.1 Å². The maximum Gasteiger partial charge on any atom is 0.263 e. The van der Waals surface area contributed by atoms with E-state index in [0.717, 1.165) is 11.1 Å². The maximum atomic E-state index is 11.9. The number of amides is 1. The van der Waals surface area contributed by atoms with E-state index in [1.165, 1.54) is 0 Å². The van der Waals surface area contributed by atoms with E-state index < -0.39 is 0 Å². The molecule has 1 N–H and O–H groups in total. The highest BCUT2D eigenvalue weighted by atomic mass is 35.5. The summed E-state index contributed by atoms with van der Waals surface area (Å²) in [5, 5.41) is 7.48. The third-order valence-electron chi connectivity index (χ3n) is 3.25. The molecule has 2 aromatic rings. The van der Waals surface area contributed by atoms with Crippen LogP contribution < -0.4 is 10.1 Å². The largest absolute Gasteiger partial charge is 0.483 e. The Morgan fingerprint density at radius 2 is 2.18 bits per heavy atom. The number of nitrogens with one attached hydrogen (secondary N) is 1. The van der Waals surface area contributed by atoms with Crippen LogP contribution in [0.1, 0.15) is 30.9 Å². The molecule has 1 amide bonds. The summed E-state index contributed by atoms with van der Waals surface area (Å²) in [6, 6.07) is 5.49. The van der Waals surface area contributed by atoms with Crippen LogP contribution in [0.25, 0.3) is 0 Å². The Morgan fingerprint density at radius 1 is 1.45 bits per heavy atom. The number of anilines is 1. The average Bonchev–Trinajstić information content (AvgIpc) is 2.84. The number of carbonyl (C=O) groups excluding carboxylic acids is 1. The molecule has 0 radical (unpaired) electrons. The van der Waals surface area contributed by atoms with Crippen LogP contribution in [0.4, 0.5) is 5.82 Å². The minimum absolute atomic E-state index is 0.0721. The monoisotopic (exact) mass is 321 g/mol. The fourth-order valence-electron chi connectivity index (χ4n) is 2.05. The lowest BCUT2D eigenvalue weighted by molar-refractivity contribution is -0.118. The van der Waals surface area contributed by atoms with Crippen molar-refractivity contribution in [2.24, 2.45) is 7.05 Å². The number of carbonyl (C=O) groups is 1. The average molecular weight is 322 g/mol. The van der Waals surface area contributed by atoms with Gasteiger partial charge in [0.1, 0.15) is 5.75 Å². The van der Waals surface area contributed by atoms with Gasteiger partial charge in [-0.15, -0.1) is 0 Å². The van der Waals surface area contributed by atoms with E-state index in [2.05, 4.69) is 24.3 Å². The second kappa shape index (κ2) is 6.83. The second-order valence-corrected chi connectivity index (χ2v) is 5.91. The highest BCUT2D eigenvalue weighted by molar-refractivity contribution is 6.31. The molecule has 0 saturated carbocycles. The third-order valence-corrected chi connectivity index (χ3v) is 3.66. The highest BCUT2D eigenvalue weighted by Crippen LogP contribution is 2.31. The fourth-order valence-corrected chi connectivity index (χ4v) is 2.22. The Bertz CT molecular complexity index is 680. The first-order valence-corrected chi connectivity index (χ1v) is 7.47. The number of rotatable bonds is 5. The molecule has 2 rings (SSSR count). The van der Waals surface area contributed by atoms with Crippen molar-refractivity contribution in [3.63, 3.8) is 0 Å². The summed E-state index contributed by atoms with van der Waals surface area (Å²) in [5.74, 6) is 1.20. The predicted octanol–water partition coefficient (Wildman–Crippen LogP) is 3.52. The minimum atomic E-state index is -0.249. The molecule has 0 aliphatic rings. The Morgan fingerprint density at radius 3 is 2.77 bits per heavy atom. The second-order valence-electron chi connectivity index (χ2n) is 5.51. The molecule has 0 unspecified atom stereocenters. The Labute approximate surface area is 135 Å². The zero-order chi connectivity index (χ0) is 16.3. The van der Waals surface area contributed by atoms with Gasteiger partial charge in [-0.1, -0.05) is 25.4 Å². The molecule has 118 valence electrons.